The summed E-state index contributed by atoms with van der Waals surface area (Å²) in [5, 5.41) is 7.37. The molecule has 11 heteroatoms. The van der Waals surface area contributed by atoms with Crippen LogP contribution in [0.5, 0.6) is 0 Å². The number of hydrogen-bond donors (Lipinski definition) is 1. The zero-order valence-corrected chi connectivity index (χ0v) is 15.6. The first-order chi connectivity index (χ1) is 12.9. The summed E-state index contributed by atoms with van der Waals surface area (Å²) in [6.07, 6.45) is 1.52. The normalized spacial score (nSPS) is 17.6. The van der Waals surface area contributed by atoms with Gasteiger partial charge < -0.3 is 18.2 Å². The van der Waals surface area contributed by atoms with Gasteiger partial charge in [0, 0.05) is 12.2 Å². The molecule has 3 aromatic rings. The first-order valence-corrected chi connectivity index (χ1v) is 9.89. The second-order valence-corrected chi connectivity index (χ2v) is 7.91. The van der Waals surface area contributed by atoms with E-state index >= 15 is 0 Å². The second-order valence-electron chi connectivity index (χ2n) is 6.22. The number of nitrogens with one attached hydrogen (secondary N) is 1. The van der Waals surface area contributed by atoms with E-state index in [2.05, 4.69) is 20.0 Å². The van der Waals surface area contributed by atoms with Gasteiger partial charge in [0.05, 0.1) is 12.2 Å². The molecule has 3 aromatic heterocycles. The van der Waals surface area contributed by atoms with Crippen LogP contribution in [0.25, 0.3) is 11.5 Å². The second kappa shape index (κ2) is 6.91. The summed E-state index contributed by atoms with van der Waals surface area (Å²) < 4.78 is 48.5. The summed E-state index contributed by atoms with van der Waals surface area (Å²) in [6, 6.07) is 2.87. The number of aromatic nitrogens is 3. The Morgan fingerprint density at radius 1 is 1.22 bits per heavy atom. The van der Waals surface area contributed by atoms with Crippen LogP contribution in [-0.2, 0) is 21.3 Å². The minimum absolute atomic E-state index is 0.130. The largest absolute Gasteiger partial charge is 0.440 e. The molecule has 1 unspecified atom stereocenters. The fourth-order valence-electron chi connectivity index (χ4n) is 2.70. The van der Waals surface area contributed by atoms with Gasteiger partial charge in [0.25, 0.3) is 15.9 Å². The van der Waals surface area contributed by atoms with Crippen molar-refractivity contribution >= 4 is 10.0 Å². The zero-order valence-electron chi connectivity index (χ0n) is 14.8. The van der Waals surface area contributed by atoms with Crippen LogP contribution >= 0.6 is 0 Å². The van der Waals surface area contributed by atoms with Crippen molar-refractivity contribution in [1.29, 1.82) is 0 Å². The van der Waals surface area contributed by atoms with Crippen molar-refractivity contribution in [2.45, 2.75) is 44.4 Å². The minimum atomic E-state index is -3.89. The van der Waals surface area contributed by atoms with E-state index in [4.69, 9.17) is 18.2 Å². The Hall–Kier alpha value is -2.50. The zero-order chi connectivity index (χ0) is 19.0. The fourth-order valence-corrected chi connectivity index (χ4v) is 3.61. The molecule has 1 saturated heterocycles. The van der Waals surface area contributed by atoms with E-state index in [0.29, 0.717) is 24.0 Å². The minimum Gasteiger partial charge on any atom is -0.440 e. The van der Waals surface area contributed by atoms with Crippen LogP contribution in [0.4, 0.5) is 0 Å². The number of aryl methyl sites for hydroxylation is 1. The van der Waals surface area contributed by atoms with Gasteiger partial charge in [0.1, 0.15) is 6.10 Å². The van der Waals surface area contributed by atoms with Crippen molar-refractivity contribution in [3.05, 3.63) is 35.1 Å². The third kappa shape index (κ3) is 3.53. The molecule has 1 aliphatic rings. The smallest absolute Gasteiger partial charge is 0.274 e. The molecular weight excluding hydrogens is 376 g/mol. The summed E-state index contributed by atoms with van der Waals surface area (Å²) in [4.78, 5) is 4.17. The van der Waals surface area contributed by atoms with Gasteiger partial charge in [-0.25, -0.2) is 13.1 Å². The molecule has 0 bridgehead atoms. The highest BCUT2D eigenvalue weighted by Crippen LogP contribution is 2.29. The van der Waals surface area contributed by atoms with Crippen molar-refractivity contribution in [3.8, 4) is 11.5 Å². The summed E-state index contributed by atoms with van der Waals surface area (Å²) in [5.74, 6) is 1.26. The van der Waals surface area contributed by atoms with E-state index in [0.717, 1.165) is 18.4 Å². The molecule has 0 saturated carbocycles. The molecule has 0 aliphatic carbocycles. The van der Waals surface area contributed by atoms with Crippen LogP contribution in [0.15, 0.2) is 30.7 Å². The molecule has 1 atom stereocenters. The highest BCUT2D eigenvalue weighted by molar-refractivity contribution is 7.89. The predicted molar refractivity (Wildman–Crippen MR) is 89.9 cm³/mol. The Morgan fingerprint density at radius 3 is 2.78 bits per heavy atom. The number of furan rings is 1. The summed E-state index contributed by atoms with van der Waals surface area (Å²) in [5.41, 5.74) is 1.50. The molecule has 0 radical (unpaired) electrons. The van der Waals surface area contributed by atoms with Crippen LogP contribution in [0.2, 0.25) is 0 Å². The summed E-state index contributed by atoms with van der Waals surface area (Å²) in [6.45, 7) is 4.13. The monoisotopic (exact) mass is 394 g/mol. The Kier molecular flexibility index (Phi) is 4.58. The predicted octanol–water partition coefficient (Wildman–Crippen LogP) is 2.26. The van der Waals surface area contributed by atoms with Crippen molar-refractivity contribution in [3.63, 3.8) is 0 Å². The van der Waals surface area contributed by atoms with Crippen molar-refractivity contribution < 1.29 is 26.6 Å². The van der Waals surface area contributed by atoms with Gasteiger partial charge >= 0.3 is 0 Å². The Bertz CT molecular complexity index is 1040. The number of sulfonamides is 1. The third-order valence-corrected chi connectivity index (χ3v) is 5.61. The summed E-state index contributed by atoms with van der Waals surface area (Å²) >= 11 is 0. The molecule has 1 aliphatic heterocycles. The average Bonchev–Trinajstić information content (AvgIpc) is 3.42. The van der Waals surface area contributed by atoms with Gasteiger partial charge in [-0.3, -0.25) is 0 Å². The van der Waals surface area contributed by atoms with Crippen LogP contribution in [0.1, 0.15) is 41.9 Å². The standard InChI is InChI=1S/C16H18N4O6S/c1-9-10(2)19-25-15(9)11-5-6-14(24-11)27(21,22)17-8-13-18-16(26-20-13)12-4-3-7-23-12/h5-6,12,17H,3-4,7-8H2,1-2H3. The van der Waals surface area contributed by atoms with E-state index in [1.807, 2.05) is 6.92 Å². The number of rotatable bonds is 6. The Balaban J connectivity index is 1.45. The van der Waals surface area contributed by atoms with E-state index in [9.17, 15) is 8.42 Å². The molecular formula is C16H18N4O6S. The number of nitrogens with zero attached hydrogens (tertiary/aromatic N) is 3. The van der Waals surface area contributed by atoms with Gasteiger partial charge in [-0.1, -0.05) is 10.3 Å². The van der Waals surface area contributed by atoms with Crippen molar-refractivity contribution in [2.75, 3.05) is 6.61 Å². The fraction of sp³-hybridized carbons (Fsp3) is 0.438. The molecule has 0 spiro atoms. The average molecular weight is 394 g/mol. The maximum absolute atomic E-state index is 12.4. The summed E-state index contributed by atoms with van der Waals surface area (Å²) in [7, 11) is -3.89. The van der Waals surface area contributed by atoms with Gasteiger partial charge in [-0.2, -0.15) is 4.98 Å². The lowest BCUT2D eigenvalue weighted by atomic mass is 10.2. The molecule has 4 heterocycles. The molecule has 144 valence electrons. The van der Waals surface area contributed by atoms with Crippen molar-refractivity contribution in [1.82, 2.24) is 20.0 Å². The van der Waals surface area contributed by atoms with E-state index in [1.54, 1.807) is 6.92 Å². The molecule has 0 aromatic carbocycles. The third-order valence-electron chi connectivity index (χ3n) is 4.34. The SMILES string of the molecule is Cc1noc(-c2ccc(S(=O)(=O)NCc3noc(C4CCCO4)n3)o2)c1C. The Morgan fingerprint density at radius 2 is 2.07 bits per heavy atom. The van der Waals surface area contributed by atoms with Crippen LogP contribution in [-0.4, -0.2) is 30.3 Å². The molecule has 1 N–H and O–H groups in total. The molecule has 1 fully saturated rings. The van der Waals surface area contributed by atoms with E-state index < -0.39 is 10.0 Å². The van der Waals surface area contributed by atoms with Gasteiger partial charge in [-0.05, 0) is 38.8 Å². The topological polar surface area (TPSA) is 133 Å². The maximum Gasteiger partial charge on any atom is 0.274 e. The van der Waals surface area contributed by atoms with Crippen LogP contribution in [0.3, 0.4) is 0 Å². The highest BCUT2D eigenvalue weighted by atomic mass is 32.2. The lowest BCUT2D eigenvalue weighted by Gasteiger charge is -2.01. The highest BCUT2D eigenvalue weighted by Gasteiger charge is 2.25. The van der Waals surface area contributed by atoms with Gasteiger partial charge in [0.15, 0.2) is 11.6 Å². The lowest BCUT2D eigenvalue weighted by Crippen LogP contribution is -2.23. The van der Waals surface area contributed by atoms with E-state index in [-0.39, 0.29) is 29.3 Å². The first-order valence-electron chi connectivity index (χ1n) is 8.41. The quantitative estimate of drug-likeness (QED) is 0.668. The molecule has 10 nitrogen and oxygen atoms in total. The van der Waals surface area contributed by atoms with Crippen LogP contribution < -0.4 is 4.72 Å². The molecule has 27 heavy (non-hydrogen) atoms. The molecule has 0 amide bonds. The number of ether oxygens (including phenoxy) is 1. The Labute approximate surface area is 154 Å². The van der Waals surface area contributed by atoms with Crippen LogP contribution in [0, 0.1) is 13.8 Å². The number of hydrogen-bond acceptors (Lipinski definition) is 9. The van der Waals surface area contributed by atoms with Gasteiger partial charge in [-0.15, -0.1) is 0 Å². The van der Waals surface area contributed by atoms with E-state index in [1.165, 1.54) is 12.1 Å². The molecule has 4 rings (SSSR count). The van der Waals surface area contributed by atoms with Gasteiger partial charge in [0.2, 0.25) is 10.9 Å². The lowest BCUT2D eigenvalue weighted by molar-refractivity contribution is 0.0835. The maximum atomic E-state index is 12.4. The van der Waals surface area contributed by atoms with Crippen molar-refractivity contribution in [2.24, 2.45) is 0 Å². The first kappa shape index (κ1) is 17.9.